The Labute approximate surface area is 158 Å². The highest BCUT2D eigenvalue weighted by Crippen LogP contribution is 2.17. The zero-order valence-corrected chi connectivity index (χ0v) is 15.3. The molecule has 2 aromatic carbocycles. The van der Waals surface area contributed by atoms with Gasteiger partial charge in [-0.15, -0.1) is 0 Å². The van der Waals surface area contributed by atoms with Crippen LogP contribution in [0, 0.1) is 6.92 Å². The van der Waals surface area contributed by atoms with Gasteiger partial charge in [0, 0.05) is 17.8 Å². The fourth-order valence-electron chi connectivity index (χ4n) is 2.68. The monoisotopic (exact) mass is 359 g/mol. The summed E-state index contributed by atoms with van der Waals surface area (Å²) < 4.78 is 0. The highest BCUT2D eigenvalue weighted by Gasteiger charge is 2.07. The van der Waals surface area contributed by atoms with Gasteiger partial charge in [-0.2, -0.15) is 0 Å². The summed E-state index contributed by atoms with van der Waals surface area (Å²) in [5.74, 6) is -0.209. The second-order valence-corrected chi connectivity index (χ2v) is 6.37. The van der Waals surface area contributed by atoms with E-state index in [0.717, 1.165) is 22.5 Å². The Morgan fingerprint density at radius 2 is 1.78 bits per heavy atom. The van der Waals surface area contributed by atoms with Crippen LogP contribution in [0.3, 0.4) is 0 Å². The van der Waals surface area contributed by atoms with E-state index in [1.807, 2.05) is 43.3 Å². The van der Waals surface area contributed by atoms with Crippen molar-refractivity contribution < 1.29 is 9.59 Å². The summed E-state index contributed by atoms with van der Waals surface area (Å²) in [4.78, 5) is 27.9. The molecule has 0 aliphatic heterocycles. The van der Waals surface area contributed by atoms with Crippen LogP contribution in [0.4, 0.5) is 11.4 Å². The van der Waals surface area contributed by atoms with Gasteiger partial charge in [0.1, 0.15) is 5.69 Å². The summed E-state index contributed by atoms with van der Waals surface area (Å²) in [6.07, 6.45) is 1.60. The topological polar surface area (TPSA) is 71.1 Å². The van der Waals surface area contributed by atoms with Gasteiger partial charge in [0.2, 0.25) is 0 Å². The molecule has 2 N–H and O–H groups in total. The number of hydrogen-bond acceptors (Lipinski definition) is 4. The lowest BCUT2D eigenvalue weighted by Gasteiger charge is -2.09. The number of hydrogen-bond donors (Lipinski definition) is 2. The highest BCUT2D eigenvalue weighted by atomic mass is 16.1. The summed E-state index contributed by atoms with van der Waals surface area (Å²) >= 11 is 0. The van der Waals surface area contributed by atoms with Crippen LogP contribution in [0.2, 0.25) is 0 Å². The molecule has 1 amide bonds. The van der Waals surface area contributed by atoms with Gasteiger partial charge in [-0.05, 0) is 43.7 Å². The molecule has 0 atom stereocenters. The zero-order valence-electron chi connectivity index (χ0n) is 15.3. The lowest BCUT2D eigenvalue weighted by atomic mass is 10.1. The summed E-state index contributed by atoms with van der Waals surface area (Å²) in [7, 11) is 0. The molecule has 5 nitrogen and oxygen atoms in total. The van der Waals surface area contributed by atoms with E-state index >= 15 is 0 Å². The van der Waals surface area contributed by atoms with E-state index < -0.39 is 0 Å². The minimum absolute atomic E-state index is 0.0115. The van der Waals surface area contributed by atoms with Gasteiger partial charge < -0.3 is 10.6 Å². The molecule has 0 fully saturated rings. The van der Waals surface area contributed by atoms with Crippen LogP contribution in [-0.4, -0.2) is 16.7 Å². The van der Waals surface area contributed by atoms with Gasteiger partial charge in [-0.25, -0.2) is 4.98 Å². The van der Waals surface area contributed by atoms with Crippen molar-refractivity contribution in [2.24, 2.45) is 0 Å². The normalized spacial score (nSPS) is 10.3. The van der Waals surface area contributed by atoms with Crippen molar-refractivity contribution in [2.75, 3.05) is 5.32 Å². The Bertz CT molecular complexity index is 965. The van der Waals surface area contributed by atoms with Crippen molar-refractivity contribution in [3.8, 4) is 0 Å². The number of nitrogens with one attached hydrogen (secondary N) is 2. The highest BCUT2D eigenvalue weighted by molar-refractivity contribution is 5.95. The Morgan fingerprint density at radius 3 is 2.48 bits per heavy atom. The third-order valence-corrected chi connectivity index (χ3v) is 4.09. The first-order valence-electron chi connectivity index (χ1n) is 8.69. The number of amides is 1. The molecule has 3 rings (SSSR count). The third-order valence-electron chi connectivity index (χ3n) is 4.09. The molecule has 0 bridgehead atoms. The number of carbonyl (C=O) groups excluding carboxylic acids is 2. The van der Waals surface area contributed by atoms with Crippen LogP contribution in [0.1, 0.15) is 38.9 Å². The van der Waals surface area contributed by atoms with E-state index in [2.05, 4.69) is 15.6 Å². The maximum Gasteiger partial charge on any atom is 0.270 e. The second kappa shape index (κ2) is 8.27. The number of rotatable bonds is 6. The average molecular weight is 359 g/mol. The average Bonchev–Trinajstić information content (AvgIpc) is 2.67. The van der Waals surface area contributed by atoms with E-state index in [4.69, 9.17) is 0 Å². The number of pyridine rings is 1. The fourth-order valence-corrected chi connectivity index (χ4v) is 2.68. The number of aromatic nitrogens is 1. The molecular formula is C22H21N3O2. The first-order valence-corrected chi connectivity index (χ1v) is 8.69. The summed E-state index contributed by atoms with van der Waals surface area (Å²) in [5.41, 5.74) is 4.73. The molecule has 3 aromatic rings. The van der Waals surface area contributed by atoms with E-state index in [1.165, 1.54) is 6.92 Å². The van der Waals surface area contributed by atoms with Crippen LogP contribution in [-0.2, 0) is 6.54 Å². The quantitative estimate of drug-likeness (QED) is 0.645. The fraction of sp³-hybridized carbons (Fsp3) is 0.136. The maximum absolute atomic E-state index is 12.3. The standard InChI is InChI=1S/C22H21N3O2/c1-15-5-3-6-17(11-15)13-24-22(27)21-10-9-20(14-23-21)25-19-8-4-7-18(12-19)16(2)26/h3-12,14,25H,13H2,1-2H3,(H,24,27). The Kier molecular flexibility index (Phi) is 5.61. The van der Waals surface area contributed by atoms with Crippen molar-refractivity contribution in [1.82, 2.24) is 10.3 Å². The molecule has 1 heterocycles. The van der Waals surface area contributed by atoms with Crippen molar-refractivity contribution in [3.63, 3.8) is 0 Å². The number of Topliss-reactive ketones (excluding diaryl/α,β-unsaturated/α-hetero) is 1. The molecule has 0 saturated heterocycles. The number of ketones is 1. The Hall–Kier alpha value is -3.47. The molecule has 0 spiro atoms. The van der Waals surface area contributed by atoms with Gasteiger partial charge >= 0.3 is 0 Å². The van der Waals surface area contributed by atoms with Crippen LogP contribution in [0.15, 0.2) is 66.9 Å². The minimum atomic E-state index is -0.221. The first kappa shape index (κ1) is 18.3. The maximum atomic E-state index is 12.3. The molecule has 0 unspecified atom stereocenters. The molecule has 0 saturated carbocycles. The SMILES string of the molecule is CC(=O)c1cccc(Nc2ccc(C(=O)NCc3cccc(C)c3)nc2)c1. The van der Waals surface area contributed by atoms with E-state index in [0.29, 0.717) is 17.8 Å². The van der Waals surface area contributed by atoms with E-state index in [1.54, 1.807) is 30.5 Å². The Balaban J connectivity index is 1.62. The van der Waals surface area contributed by atoms with Gasteiger partial charge in [-0.1, -0.05) is 42.0 Å². The zero-order chi connectivity index (χ0) is 19.2. The van der Waals surface area contributed by atoms with Gasteiger partial charge in [0.15, 0.2) is 5.78 Å². The lowest BCUT2D eigenvalue weighted by molar-refractivity contribution is 0.0945. The number of nitrogens with zero attached hydrogens (tertiary/aromatic N) is 1. The predicted octanol–water partition coefficient (Wildman–Crippen LogP) is 4.27. The molecule has 5 heteroatoms. The van der Waals surface area contributed by atoms with Gasteiger partial charge in [0.05, 0.1) is 11.9 Å². The van der Waals surface area contributed by atoms with E-state index in [-0.39, 0.29) is 11.7 Å². The van der Waals surface area contributed by atoms with Crippen molar-refractivity contribution in [1.29, 1.82) is 0 Å². The molecule has 0 radical (unpaired) electrons. The molecular weight excluding hydrogens is 338 g/mol. The smallest absolute Gasteiger partial charge is 0.270 e. The number of benzene rings is 2. The first-order chi connectivity index (χ1) is 13.0. The van der Waals surface area contributed by atoms with Gasteiger partial charge in [0.25, 0.3) is 5.91 Å². The summed E-state index contributed by atoms with van der Waals surface area (Å²) in [6, 6.07) is 18.7. The number of carbonyl (C=O) groups is 2. The van der Waals surface area contributed by atoms with Crippen molar-refractivity contribution >= 4 is 23.1 Å². The van der Waals surface area contributed by atoms with Crippen LogP contribution in [0.25, 0.3) is 0 Å². The predicted molar refractivity (Wildman–Crippen MR) is 106 cm³/mol. The van der Waals surface area contributed by atoms with Gasteiger partial charge in [-0.3, -0.25) is 9.59 Å². The summed E-state index contributed by atoms with van der Waals surface area (Å²) in [5, 5.41) is 6.06. The molecule has 0 aliphatic carbocycles. The van der Waals surface area contributed by atoms with Crippen molar-refractivity contribution in [3.05, 3.63) is 89.2 Å². The number of anilines is 2. The summed E-state index contributed by atoms with van der Waals surface area (Å²) in [6.45, 7) is 4.01. The van der Waals surface area contributed by atoms with Crippen LogP contribution in [0.5, 0.6) is 0 Å². The largest absolute Gasteiger partial charge is 0.354 e. The number of aryl methyl sites for hydroxylation is 1. The molecule has 136 valence electrons. The van der Waals surface area contributed by atoms with Crippen LogP contribution < -0.4 is 10.6 Å². The lowest BCUT2D eigenvalue weighted by Crippen LogP contribution is -2.23. The van der Waals surface area contributed by atoms with Crippen LogP contribution >= 0.6 is 0 Å². The molecule has 1 aromatic heterocycles. The van der Waals surface area contributed by atoms with Crippen molar-refractivity contribution in [2.45, 2.75) is 20.4 Å². The minimum Gasteiger partial charge on any atom is -0.354 e. The Morgan fingerprint density at radius 1 is 0.963 bits per heavy atom. The molecule has 0 aliphatic rings. The third kappa shape index (κ3) is 5.01. The van der Waals surface area contributed by atoms with E-state index in [9.17, 15) is 9.59 Å². The molecule has 27 heavy (non-hydrogen) atoms. The second-order valence-electron chi connectivity index (χ2n) is 6.37.